The van der Waals surface area contributed by atoms with Crippen molar-refractivity contribution in [2.24, 2.45) is 0 Å². The summed E-state index contributed by atoms with van der Waals surface area (Å²) in [5, 5.41) is 8.64. The Bertz CT molecular complexity index is 1560. The zero-order valence-electron chi connectivity index (χ0n) is 20.9. The van der Waals surface area contributed by atoms with Gasteiger partial charge in [0.2, 0.25) is 0 Å². The molecule has 4 nitrogen and oxygen atoms in total. The van der Waals surface area contributed by atoms with Gasteiger partial charge in [0, 0.05) is 24.4 Å². The number of hydrogen-bond donors (Lipinski definition) is 0. The molecule has 0 unspecified atom stereocenters. The van der Waals surface area contributed by atoms with Crippen LogP contribution in [0.4, 0.5) is 26.3 Å². The van der Waals surface area contributed by atoms with Crippen LogP contribution < -0.4 is 0 Å². The van der Waals surface area contributed by atoms with E-state index in [0.717, 1.165) is 34.4 Å². The molecule has 0 saturated heterocycles. The predicted molar refractivity (Wildman–Crippen MR) is 138 cm³/mol. The van der Waals surface area contributed by atoms with Gasteiger partial charge < -0.3 is 4.57 Å². The van der Waals surface area contributed by atoms with Gasteiger partial charge in [0.25, 0.3) is 0 Å². The Kier molecular flexibility index (Phi) is 7.42. The van der Waals surface area contributed by atoms with Crippen molar-refractivity contribution in [3.8, 4) is 22.5 Å². The van der Waals surface area contributed by atoms with Crippen LogP contribution in [0.2, 0.25) is 0 Å². The first-order chi connectivity index (χ1) is 19.1. The Morgan fingerprint density at radius 2 is 1.25 bits per heavy atom. The first-order valence-electron chi connectivity index (χ1n) is 12.3. The van der Waals surface area contributed by atoms with Crippen molar-refractivity contribution in [1.29, 1.82) is 0 Å². The molecule has 0 bridgehead atoms. The van der Waals surface area contributed by atoms with Gasteiger partial charge in [-0.25, -0.2) is 0 Å². The molecule has 0 fully saturated rings. The van der Waals surface area contributed by atoms with Crippen LogP contribution in [-0.2, 0) is 31.7 Å². The second-order valence-corrected chi connectivity index (χ2v) is 9.20. The van der Waals surface area contributed by atoms with Crippen molar-refractivity contribution in [1.82, 2.24) is 19.7 Å². The van der Waals surface area contributed by atoms with E-state index >= 15 is 0 Å². The minimum atomic E-state index is -4.91. The lowest BCUT2D eigenvalue weighted by atomic mass is 10.0. The van der Waals surface area contributed by atoms with Crippen molar-refractivity contribution in [2.75, 3.05) is 0 Å². The van der Waals surface area contributed by atoms with Gasteiger partial charge in [-0.1, -0.05) is 60.7 Å². The number of aryl methyl sites for hydroxylation is 2. The van der Waals surface area contributed by atoms with Gasteiger partial charge in [0.15, 0.2) is 5.82 Å². The maximum atomic E-state index is 13.4. The van der Waals surface area contributed by atoms with Crippen molar-refractivity contribution in [3.63, 3.8) is 0 Å². The smallest absolute Gasteiger partial charge is 0.306 e. The average molecular weight is 553 g/mol. The Morgan fingerprint density at radius 3 is 1.85 bits per heavy atom. The van der Waals surface area contributed by atoms with Gasteiger partial charge in [-0.15, -0.1) is 10.2 Å². The van der Waals surface area contributed by atoms with Crippen LogP contribution in [0.5, 0.6) is 0 Å². The minimum Gasteiger partial charge on any atom is -0.306 e. The van der Waals surface area contributed by atoms with Gasteiger partial charge in [-0.2, -0.15) is 26.3 Å². The lowest BCUT2D eigenvalue weighted by molar-refractivity contribution is -0.143. The summed E-state index contributed by atoms with van der Waals surface area (Å²) in [7, 11) is 0. The Morgan fingerprint density at radius 1 is 0.650 bits per heavy atom. The maximum absolute atomic E-state index is 13.4. The quantitative estimate of drug-likeness (QED) is 0.193. The number of nitrogens with zero attached hydrogens (tertiary/aromatic N) is 4. The number of halogens is 6. The van der Waals surface area contributed by atoms with Crippen LogP contribution in [0.15, 0.2) is 97.3 Å². The molecule has 3 aromatic carbocycles. The molecule has 10 heteroatoms. The van der Waals surface area contributed by atoms with Crippen LogP contribution in [0.25, 0.3) is 22.5 Å². The summed E-state index contributed by atoms with van der Waals surface area (Å²) in [5.41, 5.74) is 0.749. The third kappa shape index (κ3) is 6.06. The van der Waals surface area contributed by atoms with E-state index in [1.54, 1.807) is 12.4 Å². The van der Waals surface area contributed by atoms with E-state index in [4.69, 9.17) is 0 Å². The number of benzene rings is 3. The highest BCUT2D eigenvalue weighted by Gasteiger charge is 2.36. The van der Waals surface area contributed by atoms with E-state index in [1.807, 2.05) is 71.3 Å². The zero-order chi connectivity index (χ0) is 28.3. The first-order valence-corrected chi connectivity index (χ1v) is 12.3. The molecule has 0 aliphatic heterocycles. The summed E-state index contributed by atoms with van der Waals surface area (Å²) >= 11 is 0. The Labute approximate surface area is 226 Å². The van der Waals surface area contributed by atoms with Gasteiger partial charge in [0.1, 0.15) is 5.82 Å². The monoisotopic (exact) mass is 552 g/mol. The lowest BCUT2D eigenvalue weighted by Gasteiger charge is -2.15. The minimum absolute atomic E-state index is 0.0688. The third-order valence-corrected chi connectivity index (χ3v) is 6.46. The van der Waals surface area contributed by atoms with Crippen LogP contribution in [-0.4, -0.2) is 19.7 Å². The Hall–Kier alpha value is -4.47. The fourth-order valence-electron chi connectivity index (χ4n) is 4.53. The standard InChI is InChI=1S/C30H22F6N4/c31-29(32,33)24-15-20(16-25(17-24)30(34,35)36)11-12-27-38-39-28(22-9-5-2-6-10-22)40(27)19-23-18-37-14-13-26(23)21-7-3-1-4-8-21/h1-10,13-18H,11-12,19H2. The Balaban J connectivity index is 1.53. The first kappa shape index (κ1) is 27.1. The molecule has 0 radical (unpaired) electrons. The summed E-state index contributed by atoms with van der Waals surface area (Å²) in [5.74, 6) is 0.950. The SMILES string of the molecule is FC(F)(F)c1cc(CCc2nnc(-c3ccccc3)n2Cc2cnccc2-c2ccccc2)cc(C(F)(F)F)c1. The molecule has 2 aromatic heterocycles. The number of pyridine rings is 1. The maximum Gasteiger partial charge on any atom is 0.416 e. The topological polar surface area (TPSA) is 43.6 Å². The van der Waals surface area contributed by atoms with Gasteiger partial charge in [0.05, 0.1) is 17.7 Å². The van der Waals surface area contributed by atoms with Gasteiger partial charge in [-0.3, -0.25) is 4.98 Å². The van der Waals surface area contributed by atoms with E-state index in [9.17, 15) is 26.3 Å². The molecule has 0 aliphatic rings. The van der Waals surface area contributed by atoms with E-state index in [-0.39, 0.29) is 24.5 Å². The summed E-state index contributed by atoms with van der Waals surface area (Å²) in [6, 6.07) is 22.5. The van der Waals surface area contributed by atoms with Crippen LogP contribution in [0.1, 0.15) is 28.1 Å². The average Bonchev–Trinajstić information content (AvgIpc) is 3.34. The van der Waals surface area contributed by atoms with Gasteiger partial charge >= 0.3 is 12.4 Å². The third-order valence-electron chi connectivity index (χ3n) is 6.46. The molecular formula is C30H22F6N4. The van der Waals surface area contributed by atoms with Crippen molar-refractivity contribution in [2.45, 2.75) is 31.7 Å². The van der Waals surface area contributed by atoms with E-state index in [1.165, 1.54) is 0 Å². The molecule has 0 aliphatic carbocycles. The lowest BCUT2D eigenvalue weighted by Crippen LogP contribution is -2.13. The van der Waals surface area contributed by atoms with E-state index in [0.29, 0.717) is 18.2 Å². The molecule has 5 rings (SSSR count). The van der Waals surface area contributed by atoms with E-state index < -0.39 is 23.5 Å². The van der Waals surface area contributed by atoms with Crippen molar-refractivity contribution in [3.05, 3.63) is 125 Å². The van der Waals surface area contributed by atoms with Crippen molar-refractivity contribution < 1.29 is 26.3 Å². The highest BCUT2D eigenvalue weighted by atomic mass is 19.4. The summed E-state index contributed by atoms with van der Waals surface area (Å²) < 4.78 is 82.1. The molecular weight excluding hydrogens is 530 g/mol. The highest BCUT2D eigenvalue weighted by molar-refractivity contribution is 5.67. The van der Waals surface area contributed by atoms with E-state index in [2.05, 4.69) is 15.2 Å². The molecule has 0 spiro atoms. The molecule has 40 heavy (non-hydrogen) atoms. The van der Waals surface area contributed by atoms with Crippen LogP contribution in [0.3, 0.4) is 0 Å². The van der Waals surface area contributed by atoms with Gasteiger partial charge in [-0.05, 0) is 52.9 Å². The zero-order valence-corrected chi connectivity index (χ0v) is 20.9. The molecule has 0 saturated carbocycles. The molecule has 0 amide bonds. The molecule has 2 heterocycles. The molecule has 204 valence electrons. The predicted octanol–water partition coefficient (Wildman–Crippen LogP) is 7.88. The second-order valence-electron chi connectivity index (χ2n) is 9.20. The number of alkyl halides is 6. The number of aromatic nitrogens is 4. The summed E-state index contributed by atoms with van der Waals surface area (Å²) in [6.07, 6.45) is -6.45. The second kappa shape index (κ2) is 11.0. The molecule has 0 N–H and O–H groups in total. The number of hydrogen-bond acceptors (Lipinski definition) is 3. The fraction of sp³-hybridized carbons (Fsp3) is 0.167. The fourth-order valence-corrected chi connectivity index (χ4v) is 4.53. The highest BCUT2D eigenvalue weighted by Crippen LogP contribution is 2.36. The van der Waals surface area contributed by atoms with Crippen LogP contribution in [0, 0.1) is 0 Å². The molecule has 5 aromatic rings. The summed E-state index contributed by atoms with van der Waals surface area (Å²) in [6.45, 7) is 0.293. The molecule has 0 atom stereocenters. The van der Waals surface area contributed by atoms with Crippen molar-refractivity contribution >= 4 is 0 Å². The number of rotatable bonds is 7. The summed E-state index contributed by atoms with van der Waals surface area (Å²) in [4.78, 5) is 4.28. The normalized spacial score (nSPS) is 12.1. The largest absolute Gasteiger partial charge is 0.416 e. The van der Waals surface area contributed by atoms with Crippen LogP contribution >= 0.6 is 0 Å².